The summed E-state index contributed by atoms with van der Waals surface area (Å²) in [6, 6.07) is 7.17. The highest BCUT2D eigenvalue weighted by Crippen LogP contribution is 2.28. The van der Waals surface area contributed by atoms with Gasteiger partial charge < -0.3 is 0 Å². The molecule has 0 spiro atoms. The highest BCUT2D eigenvalue weighted by atomic mass is 35.5. The van der Waals surface area contributed by atoms with Gasteiger partial charge in [-0.25, -0.2) is 9.97 Å². The number of benzene rings is 1. The van der Waals surface area contributed by atoms with E-state index in [1.165, 1.54) is 18.7 Å². The molecule has 0 aliphatic heterocycles. The number of carbonyl (C=O) groups is 1. The summed E-state index contributed by atoms with van der Waals surface area (Å²) in [5.41, 5.74) is 1.45. The van der Waals surface area contributed by atoms with Crippen LogP contribution in [-0.2, 0) is 0 Å². The van der Waals surface area contributed by atoms with Crippen LogP contribution in [0.1, 0.15) is 23.0 Å². The number of hydrogen-bond donors (Lipinski definition) is 0. The van der Waals surface area contributed by atoms with Crippen molar-refractivity contribution < 1.29 is 4.79 Å². The van der Waals surface area contributed by atoms with E-state index in [1.807, 2.05) is 19.1 Å². The highest BCUT2D eigenvalue weighted by Gasteiger charge is 2.08. The quantitative estimate of drug-likeness (QED) is 0.633. The Labute approximate surface area is 115 Å². The van der Waals surface area contributed by atoms with Gasteiger partial charge >= 0.3 is 0 Å². The second-order valence-corrected chi connectivity index (χ2v) is 5.23. The van der Waals surface area contributed by atoms with Crippen LogP contribution in [0.25, 0.3) is 0 Å². The second-order valence-electron chi connectivity index (χ2n) is 3.78. The SMILES string of the molecule is CC(=O)c1ccc(Sc2nccc(C)n2)cc1Cl. The lowest BCUT2D eigenvalue weighted by atomic mass is 10.1. The van der Waals surface area contributed by atoms with Crippen LogP contribution in [0.4, 0.5) is 0 Å². The molecule has 0 saturated carbocycles. The van der Waals surface area contributed by atoms with Crippen molar-refractivity contribution in [3.63, 3.8) is 0 Å². The van der Waals surface area contributed by atoms with E-state index < -0.39 is 0 Å². The molecule has 0 bridgehead atoms. The number of hydrogen-bond acceptors (Lipinski definition) is 4. The zero-order valence-electron chi connectivity index (χ0n) is 9.98. The molecule has 2 aromatic rings. The molecule has 1 heterocycles. The van der Waals surface area contributed by atoms with Gasteiger partial charge in [0.15, 0.2) is 10.9 Å². The first-order chi connectivity index (χ1) is 8.56. The summed E-state index contributed by atoms with van der Waals surface area (Å²) in [7, 11) is 0. The van der Waals surface area contributed by atoms with Crippen molar-refractivity contribution in [3.05, 3.63) is 46.7 Å². The fourth-order valence-corrected chi connectivity index (χ4v) is 2.63. The van der Waals surface area contributed by atoms with Gasteiger partial charge in [0.05, 0.1) is 5.02 Å². The van der Waals surface area contributed by atoms with E-state index >= 15 is 0 Å². The standard InChI is InChI=1S/C13H11ClN2OS/c1-8-5-6-15-13(16-8)18-10-3-4-11(9(2)17)12(14)7-10/h3-7H,1-2H3. The van der Waals surface area contributed by atoms with Crippen molar-refractivity contribution in [2.45, 2.75) is 23.9 Å². The Bertz CT molecular complexity index is 601. The first kappa shape index (κ1) is 13.1. The lowest BCUT2D eigenvalue weighted by Crippen LogP contribution is -1.93. The third-order valence-corrected chi connectivity index (χ3v) is 3.48. The minimum atomic E-state index is -0.0386. The van der Waals surface area contributed by atoms with E-state index in [-0.39, 0.29) is 5.78 Å². The molecule has 5 heteroatoms. The van der Waals surface area contributed by atoms with Gasteiger partial charge in [-0.05, 0) is 49.9 Å². The summed E-state index contributed by atoms with van der Waals surface area (Å²) in [6.07, 6.45) is 1.72. The average Bonchev–Trinajstić information content (AvgIpc) is 2.28. The fourth-order valence-electron chi connectivity index (χ4n) is 1.43. The van der Waals surface area contributed by atoms with Crippen molar-refractivity contribution in [2.75, 3.05) is 0 Å². The summed E-state index contributed by atoms with van der Waals surface area (Å²) < 4.78 is 0. The Hall–Kier alpha value is -1.39. The number of aryl methyl sites for hydroxylation is 1. The Balaban J connectivity index is 2.25. The molecule has 1 aromatic carbocycles. The summed E-state index contributed by atoms with van der Waals surface area (Å²) in [6.45, 7) is 3.41. The van der Waals surface area contributed by atoms with Crippen LogP contribution in [0, 0.1) is 6.92 Å². The molecule has 0 radical (unpaired) electrons. The van der Waals surface area contributed by atoms with Gasteiger partial charge in [0.25, 0.3) is 0 Å². The fraction of sp³-hybridized carbons (Fsp3) is 0.154. The number of Topliss-reactive ketones (excluding diaryl/α,β-unsaturated/α-hetero) is 1. The summed E-state index contributed by atoms with van der Waals surface area (Å²) in [4.78, 5) is 20.6. The Morgan fingerprint density at radius 1 is 1.33 bits per heavy atom. The molecule has 2 rings (SSSR count). The maximum Gasteiger partial charge on any atom is 0.192 e. The third kappa shape index (κ3) is 3.09. The molecule has 3 nitrogen and oxygen atoms in total. The Morgan fingerprint density at radius 2 is 2.11 bits per heavy atom. The molecule has 0 saturated heterocycles. The van der Waals surface area contributed by atoms with Crippen molar-refractivity contribution in [1.82, 2.24) is 9.97 Å². The topological polar surface area (TPSA) is 42.9 Å². The molecule has 0 aliphatic rings. The van der Waals surface area contributed by atoms with Crippen LogP contribution >= 0.6 is 23.4 Å². The molecule has 0 unspecified atom stereocenters. The maximum absolute atomic E-state index is 11.3. The first-order valence-corrected chi connectivity index (χ1v) is 6.53. The number of nitrogens with zero attached hydrogens (tertiary/aromatic N) is 2. The van der Waals surface area contributed by atoms with E-state index in [9.17, 15) is 4.79 Å². The highest BCUT2D eigenvalue weighted by molar-refractivity contribution is 7.99. The van der Waals surface area contributed by atoms with Crippen molar-refractivity contribution in [2.24, 2.45) is 0 Å². The Morgan fingerprint density at radius 3 is 2.72 bits per heavy atom. The first-order valence-electron chi connectivity index (χ1n) is 5.34. The number of carbonyl (C=O) groups excluding carboxylic acids is 1. The van der Waals surface area contributed by atoms with Crippen LogP contribution in [0.5, 0.6) is 0 Å². The van der Waals surface area contributed by atoms with Crippen molar-refractivity contribution >= 4 is 29.1 Å². The molecule has 0 aliphatic carbocycles. The van der Waals surface area contributed by atoms with Crippen molar-refractivity contribution in [3.8, 4) is 0 Å². The van der Waals surface area contributed by atoms with E-state index in [1.54, 1.807) is 18.3 Å². The third-order valence-electron chi connectivity index (χ3n) is 2.30. The minimum Gasteiger partial charge on any atom is -0.294 e. The van der Waals surface area contributed by atoms with Gasteiger partial charge in [-0.15, -0.1) is 0 Å². The Kier molecular flexibility index (Phi) is 3.99. The molecule has 0 N–H and O–H groups in total. The van der Waals surface area contributed by atoms with Gasteiger partial charge in [0, 0.05) is 22.3 Å². The molecular formula is C13H11ClN2OS. The molecule has 0 atom stereocenters. The lowest BCUT2D eigenvalue weighted by molar-refractivity contribution is 0.101. The predicted octanol–water partition coefficient (Wildman–Crippen LogP) is 3.79. The van der Waals surface area contributed by atoms with E-state index in [4.69, 9.17) is 11.6 Å². The number of aromatic nitrogens is 2. The summed E-state index contributed by atoms with van der Waals surface area (Å²) in [5.74, 6) is -0.0386. The predicted molar refractivity (Wildman–Crippen MR) is 72.3 cm³/mol. The monoisotopic (exact) mass is 278 g/mol. The van der Waals surface area contributed by atoms with Crippen LogP contribution in [-0.4, -0.2) is 15.8 Å². The maximum atomic E-state index is 11.3. The average molecular weight is 279 g/mol. The zero-order valence-corrected chi connectivity index (χ0v) is 11.5. The zero-order chi connectivity index (χ0) is 13.1. The van der Waals surface area contributed by atoms with E-state index in [0.29, 0.717) is 15.7 Å². The van der Waals surface area contributed by atoms with Crippen LogP contribution in [0.2, 0.25) is 5.02 Å². The molecule has 1 aromatic heterocycles. The second kappa shape index (κ2) is 5.50. The van der Waals surface area contributed by atoms with Gasteiger partial charge in [-0.3, -0.25) is 4.79 Å². The normalized spacial score (nSPS) is 10.4. The van der Waals surface area contributed by atoms with Crippen LogP contribution in [0.15, 0.2) is 40.5 Å². The molecule has 92 valence electrons. The van der Waals surface area contributed by atoms with Crippen molar-refractivity contribution in [1.29, 1.82) is 0 Å². The van der Waals surface area contributed by atoms with Gasteiger partial charge in [-0.2, -0.15) is 0 Å². The summed E-state index contributed by atoms with van der Waals surface area (Å²) >= 11 is 7.47. The largest absolute Gasteiger partial charge is 0.294 e. The molecule has 0 amide bonds. The van der Waals surface area contributed by atoms with Crippen LogP contribution < -0.4 is 0 Å². The molecular weight excluding hydrogens is 268 g/mol. The van der Waals surface area contributed by atoms with Gasteiger partial charge in [-0.1, -0.05) is 11.6 Å². The van der Waals surface area contributed by atoms with Gasteiger partial charge in [0.2, 0.25) is 0 Å². The number of rotatable bonds is 3. The van der Waals surface area contributed by atoms with E-state index in [0.717, 1.165) is 10.6 Å². The summed E-state index contributed by atoms with van der Waals surface area (Å²) in [5, 5.41) is 1.13. The molecule has 0 fully saturated rings. The van der Waals surface area contributed by atoms with Gasteiger partial charge in [0.1, 0.15) is 0 Å². The smallest absolute Gasteiger partial charge is 0.192 e. The van der Waals surface area contributed by atoms with E-state index in [2.05, 4.69) is 9.97 Å². The number of ketones is 1. The van der Waals surface area contributed by atoms with Crippen LogP contribution in [0.3, 0.4) is 0 Å². The number of halogens is 1. The minimum absolute atomic E-state index is 0.0386. The molecule has 18 heavy (non-hydrogen) atoms. The lowest BCUT2D eigenvalue weighted by Gasteiger charge is -2.04.